The summed E-state index contributed by atoms with van der Waals surface area (Å²) in [6.07, 6.45) is -1.38. The van der Waals surface area contributed by atoms with Crippen LogP contribution in [0, 0.1) is 30.3 Å². The van der Waals surface area contributed by atoms with Gasteiger partial charge < -0.3 is 15.1 Å². The van der Waals surface area contributed by atoms with Crippen LogP contribution < -0.4 is 4.90 Å². The molecule has 2 aromatic rings. The maximum Gasteiger partial charge on any atom is 0.306 e. The molecule has 0 heterocycles. The molecule has 1 unspecified atom stereocenters. The van der Waals surface area contributed by atoms with Crippen LogP contribution in [-0.4, -0.2) is 44.2 Å². The Bertz CT molecular complexity index is 838. The van der Waals surface area contributed by atoms with Crippen LogP contribution in [0.1, 0.15) is 0 Å². The van der Waals surface area contributed by atoms with Crippen LogP contribution in [0.5, 0.6) is 0 Å². The summed E-state index contributed by atoms with van der Waals surface area (Å²) in [5.74, 6) is 0. The smallest absolute Gasteiger partial charge is 0.306 e. The van der Waals surface area contributed by atoms with E-state index in [-0.39, 0.29) is 5.69 Å². The zero-order valence-electron chi connectivity index (χ0n) is 13.7. The lowest BCUT2D eigenvalue weighted by atomic mass is 10.1. The Balaban J connectivity index is 2.81. The van der Waals surface area contributed by atoms with Crippen LogP contribution in [0.2, 0.25) is 0 Å². The Kier molecular flexibility index (Phi) is 5.95. The number of anilines is 2. The fraction of sp³-hybridized carbons (Fsp3) is 0.200. The van der Waals surface area contributed by atoms with Gasteiger partial charge in [-0.2, -0.15) is 0 Å². The topological polar surface area (TPSA) is 173 Å². The van der Waals surface area contributed by atoms with E-state index in [9.17, 15) is 35.4 Å². The fourth-order valence-electron chi connectivity index (χ4n) is 2.45. The molecular formula is C15H14N4O8. The maximum absolute atomic E-state index is 11.5. The van der Waals surface area contributed by atoms with Crippen LogP contribution in [-0.2, 0) is 0 Å². The monoisotopic (exact) mass is 378 g/mol. The average Bonchev–Trinajstić information content (AvgIpc) is 2.65. The number of non-ortho nitro benzene ring substituents is 1. The number of rotatable bonds is 8. The van der Waals surface area contributed by atoms with Gasteiger partial charge in [0.25, 0.3) is 5.69 Å². The number of nitrogens with zero attached hydrogens (tertiary/aromatic N) is 4. The van der Waals surface area contributed by atoms with Gasteiger partial charge in [0.1, 0.15) is 0 Å². The second kappa shape index (κ2) is 8.16. The normalized spacial score (nSPS) is 11.6. The van der Waals surface area contributed by atoms with E-state index in [0.29, 0.717) is 12.1 Å². The van der Waals surface area contributed by atoms with E-state index in [2.05, 4.69) is 0 Å². The summed E-state index contributed by atoms with van der Waals surface area (Å²) >= 11 is 0. The molecule has 0 amide bonds. The third kappa shape index (κ3) is 4.31. The van der Waals surface area contributed by atoms with Gasteiger partial charge in [0, 0.05) is 5.69 Å². The molecule has 0 aromatic heterocycles. The molecule has 0 aliphatic carbocycles. The lowest BCUT2D eigenvalue weighted by Crippen LogP contribution is -2.31. The van der Waals surface area contributed by atoms with Crippen molar-refractivity contribution in [3.63, 3.8) is 0 Å². The number of nitro groups is 3. The first-order valence-electron chi connectivity index (χ1n) is 7.49. The Morgan fingerprint density at radius 1 is 0.926 bits per heavy atom. The molecule has 142 valence electrons. The highest BCUT2D eigenvalue weighted by atomic mass is 16.6. The number of aliphatic hydroxyl groups is 2. The van der Waals surface area contributed by atoms with Crippen molar-refractivity contribution < 1.29 is 25.0 Å². The van der Waals surface area contributed by atoms with Gasteiger partial charge in [0.15, 0.2) is 5.69 Å². The summed E-state index contributed by atoms with van der Waals surface area (Å²) in [5, 5.41) is 52.9. The summed E-state index contributed by atoms with van der Waals surface area (Å²) < 4.78 is 0. The second-order valence-electron chi connectivity index (χ2n) is 5.39. The summed E-state index contributed by atoms with van der Waals surface area (Å²) in [6.45, 7) is -1.11. The van der Waals surface area contributed by atoms with Crippen molar-refractivity contribution in [2.24, 2.45) is 0 Å². The third-order valence-electron chi connectivity index (χ3n) is 3.60. The Hall–Kier alpha value is -3.64. The Morgan fingerprint density at radius 3 is 1.85 bits per heavy atom. The van der Waals surface area contributed by atoms with E-state index in [1.807, 2.05) is 0 Å². The van der Waals surface area contributed by atoms with Gasteiger partial charge in [0.2, 0.25) is 0 Å². The molecule has 12 nitrogen and oxygen atoms in total. The first kappa shape index (κ1) is 19.7. The van der Waals surface area contributed by atoms with Crippen LogP contribution in [0.25, 0.3) is 0 Å². The minimum atomic E-state index is -1.38. The molecule has 12 heteroatoms. The molecular weight excluding hydrogens is 364 g/mol. The molecule has 27 heavy (non-hydrogen) atoms. The van der Waals surface area contributed by atoms with Gasteiger partial charge in [-0.15, -0.1) is 0 Å². The van der Waals surface area contributed by atoms with Crippen molar-refractivity contribution in [3.05, 3.63) is 72.8 Å². The van der Waals surface area contributed by atoms with Gasteiger partial charge in [-0.3, -0.25) is 30.3 Å². The van der Waals surface area contributed by atoms with Gasteiger partial charge in [-0.25, -0.2) is 0 Å². The maximum atomic E-state index is 11.5. The SMILES string of the molecule is O=[N+]([O-])c1cc([N+](=O)[O-])c(N(CC(O)CO)c2ccccc2)c([N+](=O)[O-])c1. The van der Waals surface area contributed by atoms with Crippen molar-refractivity contribution in [1.29, 1.82) is 0 Å². The van der Waals surface area contributed by atoms with E-state index in [1.54, 1.807) is 18.2 Å². The van der Waals surface area contributed by atoms with Crippen molar-refractivity contribution in [1.82, 2.24) is 0 Å². The number of para-hydroxylation sites is 1. The molecule has 1 atom stereocenters. The highest BCUT2D eigenvalue weighted by molar-refractivity contribution is 5.83. The molecule has 0 fully saturated rings. The van der Waals surface area contributed by atoms with E-state index in [1.165, 1.54) is 12.1 Å². The molecule has 0 bridgehead atoms. The molecule has 0 aliphatic heterocycles. The molecule has 2 N–H and O–H groups in total. The predicted molar refractivity (Wildman–Crippen MR) is 92.9 cm³/mol. The standard InChI is InChI=1S/C15H14N4O8/c20-9-12(21)8-16(10-4-2-1-3-5-10)15-13(18(24)25)6-11(17(22)23)7-14(15)19(26)27/h1-7,12,20-21H,8-9H2. The van der Waals surface area contributed by atoms with Gasteiger partial charge in [0.05, 0.1) is 46.2 Å². The first-order chi connectivity index (χ1) is 12.8. The lowest BCUT2D eigenvalue weighted by Gasteiger charge is -2.26. The first-order valence-corrected chi connectivity index (χ1v) is 7.49. The zero-order chi connectivity index (χ0) is 20.1. The molecule has 0 radical (unpaired) electrons. The largest absolute Gasteiger partial charge is 0.394 e. The fourth-order valence-corrected chi connectivity index (χ4v) is 2.45. The van der Waals surface area contributed by atoms with Crippen LogP contribution in [0.3, 0.4) is 0 Å². The van der Waals surface area contributed by atoms with Crippen molar-refractivity contribution in [3.8, 4) is 0 Å². The highest BCUT2D eigenvalue weighted by Gasteiger charge is 2.35. The van der Waals surface area contributed by atoms with Gasteiger partial charge in [-0.05, 0) is 12.1 Å². The molecule has 2 aromatic carbocycles. The van der Waals surface area contributed by atoms with Crippen molar-refractivity contribution >= 4 is 28.4 Å². The summed E-state index contributed by atoms with van der Waals surface area (Å²) in [6, 6.07) is 8.97. The van der Waals surface area contributed by atoms with Crippen LogP contribution in [0.4, 0.5) is 28.4 Å². The zero-order valence-corrected chi connectivity index (χ0v) is 13.7. The predicted octanol–water partition coefficient (Wildman–Crippen LogP) is 1.90. The summed E-state index contributed by atoms with van der Waals surface area (Å²) in [4.78, 5) is 32.1. The summed E-state index contributed by atoms with van der Waals surface area (Å²) in [5.41, 5.74) is -2.83. The lowest BCUT2D eigenvalue weighted by molar-refractivity contribution is -0.402. The van der Waals surface area contributed by atoms with Crippen molar-refractivity contribution in [2.75, 3.05) is 18.1 Å². The Morgan fingerprint density at radius 2 is 1.44 bits per heavy atom. The number of aliphatic hydroxyl groups excluding tert-OH is 2. The average molecular weight is 378 g/mol. The van der Waals surface area contributed by atoms with Gasteiger partial charge >= 0.3 is 11.4 Å². The van der Waals surface area contributed by atoms with Crippen LogP contribution in [0.15, 0.2) is 42.5 Å². The third-order valence-corrected chi connectivity index (χ3v) is 3.60. The molecule has 0 aliphatic rings. The molecule has 0 saturated carbocycles. The number of benzene rings is 2. The van der Waals surface area contributed by atoms with E-state index < -0.39 is 56.8 Å². The highest BCUT2D eigenvalue weighted by Crippen LogP contribution is 2.43. The Labute approximate surface area is 151 Å². The minimum absolute atomic E-state index is 0.255. The van der Waals surface area contributed by atoms with E-state index in [0.717, 1.165) is 4.90 Å². The van der Waals surface area contributed by atoms with Crippen molar-refractivity contribution in [2.45, 2.75) is 6.10 Å². The molecule has 2 rings (SSSR count). The van der Waals surface area contributed by atoms with Crippen LogP contribution >= 0.6 is 0 Å². The van der Waals surface area contributed by atoms with E-state index in [4.69, 9.17) is 5.11 Å². The summed E-state index contributed by atoms with van der Waals surface area (Å²) in [7, 11) is 0. The van der Waals surface area contributed by atoms with E-state index >= 15 is 0 Å². The minimum Gasteiger partial charge on any atom is -0.394 e. The quantitative estimate of drug-likeness (QED) is 0.513. The number of hydrogen-bond acceptors (Lipinski definition) is 9. The number of hydrogen-bond donors (Lipinski definition) is 2. The number of nitro benzene ring substituents is 3. The molecule has 0 spiro atoms. The van der Waals surface area contributed by atoms with Gasteiger partial charge in [-0.1, -0.05) is 18.2 Å². The molecule has 0 saturated heterocycles. The second-order valence-corrected chi connectivity index (χ2v) is 5.39.